The van der Waals surface area contributed by atoms with Gasteiger partial charge >= 0.3 is 0 Å². The second-order valence-electron chi connectivity index (χ2n) is 5.29. The molecule has 0 spiro atoms. The first-order valence-electron chi connectivity index (χ1n) is 7.55. The number of fused-ring (bicyclic) bond motifs is 1. The highest BCUT2D eigenvalue weighted by Gasteiger charge is 2.15. The summed E-state index contributed by atoms with van der Waals surface area (Å²) in [7, 11) is 0. The predicted molar refractivity (Wildman–Crippen MR) is 92.9 cm³/mol. The lowest BCUT2D eigenvalue weighted by Crippen LogP contribution is -2.01. The maximum absolute atomic E-state index is 5.86. The van der Waals surface area contributed by atoms with Crippen molar-refractivity contribution >= 4 is 23.2 Å². The van der Waals surface area contributed by atoms with Gasteiger partial charge in [0.05, 0.1) is 12.6 Å². The number of allylic oxidation sites excluding steroid dienone is 1. The van der Waals surface area contributed by atoms with E-state index in [0.29, 0.717) is 29.2 Å². The van der Waals surface area contributed by atoms with Crippen molar-refractivity contribution < 1.29 is 4.42 Å². The first-order chi connectivity index (χ1) is 11.8. The first kappa shape index (κ1) is 14.2. The molecule has 0 atom stereocenters. The Labute approximate surface area is 138 Å². The van der Waals surface area contributed by atoms with Crippen LogP contribution in [0.5, 0.6) is 0 Å². The summed E-state index contributed by atoms with van der Waals surface area (Å²) >= 11 is 0. The monoisotopic (exact) mass is 317 g/mol. The van der Waals surface area contributed by atoms with E-state index < -0.39 is 0 Å². The number of benzene rings is 1. The number of nitrogens with two attached hydrogens (primary N) is 1. The molecule has 0 saturated carbocycles. The molecule has 4 rings (SSSR count). The van der Waals surface area contributed by atoms with E-state index in [0.717, 1.165) is 5.56 Å². The summed E-state index contributed by atoms with van der Waals surface area (Å²) in [4.78, 5) is 13.0. The van der Waals surface area contributed by atoms with Gasteiger partial charge in [-0.3, -0.25) is 0 Å². The van der Waals surface area contributed by atoms with Crippen molar-refractivity contribution in [3.63, 3.8) is 0 Å². The number of imidazole rings is 1. The second-order valence-corrected chi connectivity index (χ2v) is 5.29. The molecular weight excluding hydrogens is 302 g/mol. The Balaban J connectivity index is 1.69. The van der Waals surface area contributed by atoms with Crippen molar-refractivity contribution in [3.8, 4) is 11.5 Å². The molecule has 0 aliphatic heterocycles. The normalized spacial score (nSPS) is 11.5. The summed E-state index contributed by atoms with van der Waals surface area (Å²) in [6.07, 6.45) is 7.45. The molecule has 1 aromatic carbocycles. The quantitative estimate of drug-likeness (QED) is 0.624. The van der Waals surface area contributed by atoms with Crippen molar-refractivity contribution in [2.24, 2.45) is 0 Å². The number of hydrogen-bond acceptors (Lipinski definition) is 5. The number of furan rings is 1. The minimum atomic E-state index is 0.197. The fourth-order valence-electron chi connectivity index (χ4n) is 2.55. The third-order valence-corrected chi connectivity index (χ3v) is 3.65. The molecule has 2 N–H and O–H groups in total. The van der Waals surface area contributed by atoms with Gasteiger partial charge in [-0.2, -0.15) is 4.98 Å². The van der Waals surface area contributed by atoms with Crippen LogP contribution in [0.4, 0.5) is 5.95 Å². The van der Waals surface area contributed by atoms with E-state index in [1.165, 1.54) is 0 Å². The SMILES string of the molecule is Nc1nc(-c2ccco2)c2ncn(CC=Cc3ccccc3)c2n1. The van der Waals surface area contributed by atoms with E-state index in [4.69, 9.17) is 10.2 Å². The van der Waals surface area contributed by atoms with Crippen molar-refractivity contribution in [1.82, 2.24) is 19.5 Å². The highest BCUT2D eigenvalue weighted by atomic mass is 16.3. The van der Waals surface area contributed by atoms with Gasteiger partial charge in [0.1, 0.15) is 11.2 Å². The molecule has 118 valence electrons. The molecule has 3 aromatic heterocycles. The van der Waals surface area contributed by atoms with Crippen LogP contribution in [0.25, 0.3) is 28.7 Å². The van der Waals surface area contributed by atoms with E-state index in [1.54, 1.807) is 18.7 Å². The molecule has 6 heteroatoms. The van der Waals surface area contributed by atoms with Crippen LogP contribution in [0.2, 0.25) is 0 Å². The number of aromatic nitrogens is 4. The molecule has 0 unspecified atom stereocenters. The highest BCUT2D eigenvalue weighted by molar-refractivity contribution is 5.86. The van der Waals surface area contributed by atoms with Crippen LogP contribution < -0.4 is 5.73 Å². The average Bonchev–Trinajstić information content (AvgIpc) is 3.26. The summed E-state index contributed by atoms with van der Waals surface area (Å²) in [5.74, 6) is 0.821. The third-order valence-electron chi connectivity index (χ3n) is 3.65. The largest absolute Gasteiger partial charge is 0.463 e. The zero-order chi connectivity index (χ0) is 16.4. The predicted octanol–water partition coefficient (Wildman–Crippen LogP) is 3.38. The summed E-state index contributed by atoms with van der Waals surface area (Å²) in [5.41, 5.74) is 8.97. The number of nitrogens with zero attached hydrogens (tertiary/aromatic N) is 4. The van der Waals surface area contributed by atoms with Gasteiger partial charge in [0.25, 0.3) is 0 Å². The number of rotatable bonds is 4. The van der Waals surface area contributed by atoms with Gasteiger partial charge in [-0.25, -0.2) is 9.97 Å². The van der Waals surface area contributed by atoms with Crippen molar-refractivity contribution in [1.29, 1.82) is 0 Å². The van der Waals surface area contributed by atoms with E-state index in [9.17, 15) is 0 Å². The van der Waals surface area contributed by atoms with Crippen LogP contribution in [0, 0.1) is 0 Å². The number of nitrogen functional groups attached to an aromatic ring is 1. The zero-order valence-electron chi connectivity index (χ0n) is 12.8. The molecule has 0 radical (unpaired) electrons. The highest BCUT2D eigenvalue weighted by Crippen LogP contribution is 2.26. The minimum Gasteiger partial charge on any atom is -0.463 e. The van der Waals surface area contributed by atoms with Gasteiger partial charge in [-0.15, -0.1) is 0 Å². The lowest BCUT2D eigenvalue weighted by atomic mass is 10.2. The summed E-state index contributed by atoms with van der Waals surface area (Å²) < 4.78 is 7.35. The molecule has 0 saturated heterocycles. The smallest absolute Gasteiger partial charge is 0.222 e. The van der Waals surface area contributed by atoms with Crippen LogP contribution >= 0.6 is 0 Å². The zero-order valence-corrected chi connectivity index (χ0v) is 12.8. The second kappa shape index (κ2) is 6.00. The molecular formula is C18H15N5O. The standard InChI is InChI=1S/C18H15N5O/c19-18-21-15(14-9-5-11-24-14)16-17(22-18)23(12-20-16)10-4-8-13-6-2-1-3-7-13/h1-9,11-12H,10H2,(H2,19,21,22). The van der Waals surface area contributed by atoms with Crippen LogP contribution in [0.1, 0.15) is 5.56 Å². The van der Waals surface area contributed by atoms with Gasteiger partial charge in [0.15, 0.2) is 11.4 Å². The van der Waals surface area contributed by atoms with E-state index >= 15 is 0 Å². The molecule has 0 amide bonds. The molecule has 0 fully saturated rings. The summed E-state index contributed by atoms with van der Waals surface area (Å²) in [6.45, 7) is 0.638. The lowest BCUT2D eigenvalue weighted by Gasteiger charge is -2.02. The summed E-state index contributed by atoms with van der Waals surface area (Å²) in [5, 5.41) is 0. The first-order valence-corrected chi connectivity index (χ1v) is 7.55. The van der Waals surface area contributed by atoms with Crippen molar-refractivity contribution in [2.75, 3.05) is 5.73 Å². The molecule has 0 aliphatic rings. The topological polar surface area (TPSA) is 82.8 Å². The van der Waals surface area contributed by atoms with E-state index in [1.807, 2.05) is 28.8 Å². The van der Waals surface area contributed by atoms with E-state index in [2.05, 4.69) is 39.2 Å². The molecule has 4 aromatic rings. The fraction of sp³-hybridized carbons (Fsp3) is 0.0556. The molecule has 24 heavy (non-hydrogen) atoms. The van der Waals surface area contributed by atoms with Gasteiger partial charge < -0.3 is 14.7 Å². The Morgan fingerprint density at radius 3 is 2.75 bits per heavy atom. The fourth-order valence-corrected chi connectivity index (χ4v) is 2.55. The Bertz CT molecular complexity index is 987. The Kier molecular flexibility index (Phi) is 3.55. The maximum atomic E-state index is 5.86. The molecule has 3 heterocycles. The lowest BCUT2D eigenvalue weighted by molar-refractivity contribution is 0.580. The molecule has 6 nitrogen and oxygen atoms in total. The summed E-state index contributed by atoms with van der Waals surface area (Å²) in [6, 6.07) is 13.8. The molecule has 0 bridgehead atoms. The Hall–Kier alpha value is -3.41. The van der Waals surface area contributed by atoms with Crippen LogP contribution in [0.15, 0.2) is 65.5 Å². The van der Waals surface area contributed by atoms with Crippen LogP contribution in [-0.2, 0) is 6.54 Å². The van der Waals surface area contributed by atoms with Gasteiger partial charge in [-0.05, 0) is 17.7 Å². The third kappa shape index (κ3) is 2.65. The van der Waals surface area contributed by atoms with Crippen molar-refractivity contribution in [3.05, 3.63) is 66.7 Å². The Morgan fingerprint density at radius 1 is 1.08 bits per heavy atom. The molecule has 0 aliphatic carbocycles. The van der Waals surface area contributed by atoms with E-state index in [-0.39, 0.29) is 5.95 Å². The number of hydrogen-bond donors (Lipinski definition) is 1. The Morgan fingerprint density at radius 2 is 1.96 bits per heavy atom. The van der Waals surface area contributed by atoms with Crippen LogP contribution in [0.3, 0.4) is 0 Å². The van der Waals surface area contributed by atoms with Gasteiger partial charge in [-0.1, -0.05) is 42.5 Å². The average molecular weight is 317 g/mol. The van der Waals surface area contributed by atoms with Crippen LogP contribution in [-0.4, -0.2) is 19.5 Å². The minimum absolute atomic E-state index is 0.197. The maximum Gasteiger partial charge on any atom is 0.222 e. The van der Waals surface area contributed by atoms with Gasteiger partial charge in [0.2, 0.25) is 5.95 Å². The number of anilines is 1. The van der Waals surface area contributed by atoms with Gasteiger partial charge in [0, 0.05) is 6.54 Å². The van der Waals surface area contributed by atoms with Crippen molar-refractivity contribution in [2.45, 2.75) is 6.54 Å².